The predicted octanol–water partition coefficient (Wildman–Crippen LogP) is 1.39. The Labute approximate surface area is 83.2 Å². The second-order valence-corrected chi connectivity index (χ2v) is 4.60. The van der Waals surface area contributed by atoms with Crippen molar-refractivity contribution in [1.82, 2.24) is 9.55 Å². The minimum atomic E-state index is -0.229. The number of aromatic nitrogens is 2. The molecule has 13 heavy (non-hydrogen) atoms. The van der Waals surface area contributed by atoms with Gasteiger partial charge >= 0.3 is 0 Å². The van der Waals surface area contributed by atoms with Crippen molar-refractivity contribution >= 4 is 11.8 Å². The Kier molecular flexibility index (Phi) is 4.32. The Balaban J connectivity index is 2.14. The molecule has 0 fully saturated rings. The van der Waals surface area contributed by atoms with E-state index in [1.165, 1.54) is 0 Å². The quantitative estimate of drug-likeness (QED) is 0.780. The first-order valence-electron chi connectivity index (χ1n) is 4.45. The summed E-state index contributed by atoms with van der Waals surface area (Å²) < 4.78 is 2.04. The third kappa shape index (κ3) is 3.83. The molecule has 2 unspecified atom stereocenters. The summed E-state index contributed by atoms with van der Waals surface area (Å²) in [5.41, 5.74) is 0. The zero-order valence-corrected chi connectivity index (χ0v) is 8.87. The maximum Gasteiger partial charge on any atom is 0.0946 e. The number of aliphatic hydroxyl groups is 1. The molecule has 0 aliphatic carbocycles. The number of thioether (sulfide) groups is 1. The van der Waals surface area contributed by atoms with Crippen molar-refractivity contribution in [2.24, 2.45) is 0 Å². The second kappa shape index (κ2) is 5.29. The van der Waals surface area contributed by atoms with Crippen molar-refractivity contribution in [1.29, 1.82) is 0 Å². The van der Waals surface area contributed by atoms with Crippen LogP contribution in [-0.2, 0) is 6.54 Å². The molecule has 3 nitrogen and oxygen atoms in total. The molecular formula is C9H16N2OS. The Hall–Kier alpha value is -0.480. The standard InChI is InChI=1S/C9H16N2OS/c1-8(12)9(2)13-6-5-11-4-3-10-7-11/h3-4,7-9,12H,5-6H2,1-2H3. The topological polar surface area (TPSA) is 38.0 Å². The monoisotopic (exact) mass is 200 g/mol. The normalized spacial score (nSPS) is 15.6. The average molecular weight is 200 g/mol. The third-order valence-corrected chi connectivity index (χ3v) is 3.31. The van der Waals surface area contributed by atoms with E-state index in [0.29, 0.717) is 5.25 Å². The average Bonchev–Trinajstić information content (AvgIpc) is 2.56. The van der Waals surface area contributed by atoms with Crippen molar-refractivity contribution in [3.8, 4) is 0 Å². The van der Waals surface area contributed by atoms with Gasteiger partial charge in [0.1, 0.15) is 0 Å². The highest BCUT2D eigenvalue weighted by Gasteiger charge is 2.07. The number of aryl methyl sites for hydroxylation is 1. The Morgan fingerprint density at radius 1 is 1.54 bits per heavy atom. The maximum absolute atomic E-state index is 9.24. The summed E-state index contributed by atoms with van der Waals surface area (Å²) in [6.45, 7) is 4.83. The van der Waals surface area contributed by atoms with Crippen molar-refractivity contribution in [2.75, 3.05) is 5.75 Å². The van der Waals surface area contributed by atoms with Crippen LogP contribution in [0, 0.1) is 0 Å². The van der Waals surface area contributed by atoms with E-state index in [4.69, 9.17) is 0 Å². The number of rotatable bonds is 5. The number of imidazole rings is 1. The van der Waals surface area contributed by atoms with Gasteiger partial charge in [-0.05, 0) is 6.92 Å². The highest BCUT2D eigenvalue weighted by atomic mass is 32.2. The molecule has 0 amide bonds. The molecule has 1 aromatic rings. The van der Waals surface area contributed by atoms with Crippen LogP contribution in [0.4, 0.5) is 0 Å². The van der Waals surface area contributed by atoms with Gasteiger partial charge < -0.3 is 9.67 Å². The van der Waals surface area contributed by atoms with Crippen LogP contribution in [0.25, 0.3) is 0 Å². The van der Waals surface area contributed by atoms with E-state index in [2.05, 4.69) is 4.98 Å². The molecule has 0 saturated heterocycles. The first-order chi connectivity index (χ1) is 6.20. The van der Waals surface area contributed by atoms with E-state index < -0.39 is 0 Å². The summed E-state index contributed by atoms with van der Waals surface area (Å²) in [6, 6.07) is 0. The number of hydrogen-bond donors (Lipinski definition) is 1. The van der Waals surface area contributed by atoms with Gasteiger partial charge in [-0.1, -0.05) is 6.92 Å². The molecule has 0 radical (unpaired) electrons. The van der Waals surface area contributed by atoms with Crippen molar-refractivity contribution in [2.45, 2.75) is 31.7 Å². The van der Waals surface area contributed by atoms with Gasteiger partial charge in [-0.3, -0.25) is 0 Å². The van der Waals surface area contributed by atoms with Crippen molar-refractivity contribution < 1.29 is 5.11 Å². The molecule has 0 saturated carbocycles. The molecule has 1 aromatic heterocycles. The summed E-state index contributed by atoms with van der Waals surface area (Å²) in [6.07, 6.45) is 5.32. The first-order valence-corrected chi connectivity index (χ1v) is 5.50. The van der Waals surface area contributed by atoms with Gasteiger partial charge in [0.25, 0.3) is 0 Å². The summed E-state index contributed by atoms with van der Waals surface area (Å²) >= 11 is 1.78. The number of aliphatic hydroxyl groups excluding tert-OH is 1. The summed E-state index contributed by atoms with van der Waals surface area (Å²) in [5, 5.41) is 9.55. The van der Waals surface area contributed by atoms with Crippen molar-refractivity contribution in [3.05, 3.63) is 18.7 Å². The van der Waals surface area contributed by atoms with Gasteiger partial charge in [-0.15, -0.1) is 0 Å². The smallest absolute Gasteiger partial charge is 0.0946 e. The molecule has 74 valence electrons. The summed E-state index contributed by atoms with van der Waals surface area (Å²) in [4.78, 5) is 3.96. The van der Waals surface area contributed by atoms with E-state index in [0.717, 1.165) is 12.3 Å². The van der Waals surface area contributed by atoms with E-state index in [-0.39, 0.29) is 6.10 Å². The molecule has 0 aliphatic rings. The lowest BCUT2D eigenvalue weighted by Crippen LogP contribution is -2.16. The van der Waals surface area contributed by atoms with Crippen LogP contribution >= 0.6 is 11.8 Å². The van der Waals surface area contributed by atoms with E-state index in [1.54, 1.807) is 18.0 Å². The van der Waals surface area contributed by atoms with Crippen LogP contribution in [0.2, 0.25) is 0 Å². The molecule has 0 aliphatic heterocycles. The fourth-order valence-electron chi connectivity index (χ4n) is 0.902. The molecule has 0 bridgehead atoms. The lowest BCUT2D eigenvalue weighted by Gasteiger charge is -2.13. The molecule has 0 spiro atoms. The molecule has 0 aromatic carbocycles. The fourth-order valence-corrected chi connectivity index (χ4v) is 1.87. The van der Waals surface area contributed by atoms with Crippen LogP contribution in [0.15, 0.2) is 18.7 Å². The first kappa shape index (κ1) is 10.6. The Morgan fingerprint density at radius 2 is 2.31 bits per heavy atom. The van der Waals surface area contributed by atoms with Gasteiger partial charge in [0.15, 0.2) is 0 Å². The molecule has 1 N–H and O–H groups in total. The van der Waals surface area contributed by atoms with Crippen LogP contribution in [0.5, 0.6) is 0 Å². The number of nitrogens with zero attached hydrogens (tertiary/aromatic N) is 2. The highest BCUT2D eigenvalue weighted by Crippen LogP contribution is 2.14. The van der Waals surface area contributed by atoms with Crippen LogP contribution in [0.1, 0.15) is 13.8 Å². The highest BCUT2D eigenvalue weighted by molar-refractivity contribution is 7.99. The zero-order chi connectivity index (χ0) is 9.68. The molecule has 1 rings (SSSR count). The van der Waals surface area contributed by atoms with E-state index in [9.17, 15) is 5.11 Å². The van der Waals surface area contributed by atoms with Gasteiger partial charge in [0.05, 0.1) is 12.4 Å². The van der Waals surface area contributed by atoms with Crippen LogP contribution in [-0.4, -0.2) is 31.8 Å². The fraction of sp³-hybridized carbons (Fsp3) is 0.667. The largest absolute Gasteiger partial charge is 0.392 e. The van der Waals surface area contributed by atoms with E-state index in [1.807, 2.05) is 30.9 Å². The predicted molar refractivity (Wildman–Crippen MR) is 55.8 cm³/mol. The van der Waals surface area contributed by atoms with Crippen LogP contribution < -0.4 is 0 Å². The van der Waals surface area contributed by atoms with Gasteiger partial charge in [-0.2, -0.15) is 11.8 Å². The zero-order valence-electron chi connectivity index (χ0n) is 8.05. The van der Waals surface area contributed by atoms with Gasteiger partial charge in [0.2, 0.25) is 0 Å². The minimum absolute atomic E-state index is 0.229. The SMILES string of the molecule is CC(O)C(C)SCCn1ccnc1. The lowest BCUT2D eigenvalue weighted by molar-refractivity contribution is 0.196. The molecule has 4 heteroatoms. The van der Waals surface area contributed by atoms with Crippen LogP contribution in [0.3, 0.4) is 0 Å². The third-order valence-electron chi connectivity index (χ3n) is 1.97. The lowest BCUT2D eigenvalue weighted by atomic mass is 10.3. The minimum Gasteiger partial charge on any atom is -0.392 e. The van der Waals surface area contributed by atoms with Gasteiger partial charge in [0, 0.05) is 29.9 Å². The van der Waals surface area contributed by atoms with E-state index >= 15 is 0 Å². The maximum atomic E-state index is 9.24. The Morgan fingerprint density at radius 3 is 2.85 bits per heavy atom. The second-order valence-electron chi connectivity index (χ2n) is 3.12. The Bertz CT molecular complexity index is 224. The summed E-state index contributed by atoms with van der Waals surface area (Å²) in [7, 11) is 0. The van der Waals surface area contributed by atoms with Gasteiger partial charge in [-0.25, -0.2) is 4.98 Å². The van der Waals surface area contributed by atoms with Crippen molar-refractivity contribution in [3.63, 3.8) is 0 Å². The molecule has 1 heterocycles. The molecular weight excluding hydrogens is 184 g/mol. The summed E-state index contributed by atoms with van der Waals surface area (Å²) in [5.74, 6) is 1.02. The number of hydrogen-bond acceptors (Lipinski definition) is 3. The molecule has 2 atom stereocenters.